The van der Waals surface area contributed by atoms with E-state index in [2.05, 4.69) is 67.8 Å². The number of aryl methyl sites for hydroxylation is 3. The molecule has 0 fully saturated rings. The smallest absolute Gasteiger partial charge is 0.191 e. The molecule has 0 spiro atoms. The lowest BCUT2D eigenvalue weighted by Gasteiger charge is -2.20. The summed E-state index contributed by atoms with van der Waals surface area (Å²) in [6, 6.07) is 8.62. The van der Waals surface area contributed by atoms with E-state index in [-0.39, 0.29) is 12.0 Å². The minimum atomic E-state index is 0.188. The number of hydrogen-bond acceptors (Lipinski definition) is 3. The summed E-state index contributed by atoms with van der Waals surface area (Å²) in [4.78, 5) is 4.77. The van der Waals surface area contributed by atoms with E-state index in [4.69, 9.17) is 9.52 Å². The van der Waals surface area contributed by atoms with Crippen LogP contribution in [0.15, 0.2) is 33.8 Å². The van der Waals surface area contributed by atoms with Gasteiger partial charge in [-0.1, -0.05) is 36.3 Å². The van der Waals surface area contributed by atoms with Gasteiger partial charge in [-0.15, -0.1) is 0 Å². The van der Waals surface area contributed by atoms with E-state index in [1.807, 2.05) is 13.8 Å². The number of nitrogens with zero attached hydrogens (tertiary/aromatic N) is 2. The Bertz CT molecular complexity index is 701. The first-order valence-electron chi connectivity index (χ1n) is 8.97. The zero-order valence-electron chi connectivity index (χ0n) is 16.2. The Morgan fingerprint density at radius 3 is 2.52 bits per heavy atom. The molecule has 2 rings (SSSR count). The summed E-state index contributed by atoms with van der Waals surface area (Å²) < 4.78 is 5.28. The third kappa shape index (κ3) is 4.84. The highest BCUT2D eigenvalue weighted by atomic mass is 16.5. The van der Waals surface area contributed by atoms with Crippen LogP contribution in [0.5, 0.6) is 0 Å². The zero-order valence-corrected chi connectivity index (χ0v) is 16.2. The fourth-order valence-electron chi connectivity index (χ4n) is 3.19. The summed E-state index contributed by atoms with van der Waals surface area (Å²) >= 11 is 0. The Labute approximate surface area is 150 Å². The Morgan fingerprint density at radius 1 is 1.20 bits per heavy atom. The summed E-state index contributed by atoms with van der Waals surface area (Å²) in [5.74, 6) is 1.97. The van der Waals surface area contributed by atoms with E-state index in [0.717, 1.165) is 29.5 Å². The first kappa shape index (κ1) is 19.0. The Morgan fingerprint density at radius 2 is 1.92 bits per heavy atom. The first-order valence-corrected chi connectivity index (χ1v) is 8.97. The van der Waals surface area contributed by atoms with Gasteiger partial charge >= 0.3 is 0 Å². The highest BCUT2D eigenvalue weighted by Crippen LogP contribution is 2.23. The minimum absolute atomic E-state index is 0.188. The molecule has 25 heavy (non-hydrogen) atoms. The largest absolute Gasteiger partial charge is 0.361 e. The second kappa shape index (κ2) is 8.70. The van der Waals surface area contributed by atoms with Crippen LogP contribution in [-0.2, 0) is 0 Å². The molecule has 0 aliphatic rings. The van der Waals surface area contributed by atoms with Crippen LogP contribution in [0, 0.1) is 20.8 Å². The fourth-order valence-corrected chi connectivity index (χ4v) is 3.19. The molecule has 0 bridgehead atoms. The van der Waals surface area contributed by atoms with Crippen LogP contribution >= 0.6 is 0 Å². The van der Waals surface area contributed by atoms with Crippen molar-refractivity contribution in [1.29, 1.82) is 0 Å². The molecular formula is C20H30N4O. The molecule has 0 amide bonds. The molecule has 5 heteroatoms. The molecule has 2 aromatic rings. The van der Waals surface area contributed by atoms with Gasteiger partial charge in [0.1, 0.15) is 5.76 Å². The number of aromatic nitrogens is 1. The van der Waals surface area contributed by atoms with Crippen LogP contribution in [-0.4, -0.2) is 24.2 Å². The molecule has 5 nitrogen and oxygen atoms in total. The molecule has 0 aliphatic carbocycles. The van der Waals surface area contributed by atoms with Crippen molar-refractivity contribution in [1.82, 2.24) is 15.8 Å². The van der Waals surface area contributed by atoms with Gasteiger partial charge in [-0.05, 0) is 45.7 Å². The lowest BCUT2D eigenvalue weighted by molar-refractivity contribution is 0.391. The highest BCUT2D eigenvalue weighted by Gasteiger charge is 2.16. The van der Waals surface area contributed by atoms with Crippen molar-refractivity contribution >= 4 is 5.96 Å². The average Bonchev–Trinajstić information content (AvgIpc) is 2.91. The van der Waals surface area contributed by atoms with Gasteiger partial charge in [-0.25, -0.2) is 0 Å². The van der Waals surface area contributed by atoms with Gasteiger partial charge in [0.2, 0.25) is 0 Å². The number of guanidine groups is 1. The van der Waals surface area contributed by atoms with Crippen molar-refractivity contribution in [2.45, 2.75) is 53.5 Å². The molecule has 1 heterocycles. The van der Waals surface area contributed by atoms with E-state index in [1.54, 1.807) is 0 Å². The molecule has 136 valence electrons. The predicted molar refractivity (Wildman–Crippen MR) is 103 cm³/mol. The Hall–Kier alpha value is -2.30. The van der Waals surface area contributed by atoms with E-state index in [0.29, 0.717) is 6.54 Å². The maximum absolute atomic E-state index is 5.28. The zero-order chi connectivity index (χ0) is 18.4. The maximum Gasteiger partial charge on any atom is 0.191 e. The molecule has 0 saturated heterocycles. The molecule has 2 N–H and O–H groups in total. The van der Waals surface area contributed by atoms with Crippen molar-refractivity contribution in [3.8, 4) is 0 Å². The third-order valence-electron chi connectivity index (χ3n) is 4.46. The molecule has 2 unspecified atom stereocenters. The lowest BCUT2D eigenvalue weighted by atomic mass is 10.00. The minimum Gasteiger partial charge on any atom is -0.361 e. The van der Waals surface area contributed by atoms with Crippen LogP contribution in [0.1, 0.15) is 60.9 Å². The van der Waals surface area contributed by atoms with Gasteiger partial charge in [-0.3, -0.25) is 4.99 Å². The first-order chi connectivity index (χ1) is 11.9. The van der Waals surface area contributed by atoms with E-state index >= 15 is 0 Å². The van der Waals surface area contributed by atoms with Gasteiger partial charge in [0, 0.05) is 24.6 Å². The highest BCUT2D eigenvalue weighted by molar-refractivity contribution is 5.80. The van der Waals surface area contributed by atoms with Crippen molar-refractivity contribution in [2.75, 3.05) is 13.1 Å². The van der Waals surface area contributed by atoms with Gasteiger partial charge in [0.25, 0.3) is 0 Å². The van der Waals surface area contributed by atoms with Crippen molar-refractivity contribution in [3.05, 3.63) is 52.4 Å². The van der Waals surface area contributed by atoms with Crippen molar-refractivity contribution < 1.29 is 4.52 Å². The molecule has 0 aliphatic heterocycles. The quantitative estimate of drug-likeness (QED) is 0.615. The van der Waals surface area contributed by atoms with Gasteiger partial charge in [0.15, 0.2) is 5.96 Å². The Balaban J connectivity index is 2.09. The number of nitrogens with one attached hydrogen (secondary N) is 2. The standard InChI is InChI=1S/C20H30N4O/c1-7-21-20(23-15(4)18-11-9-8-10-13(18)2)22-12-14(3)19-16(5)24-25-17(19)6/h8-11,14-15H,7,12H2,1-6H3,(H2,21,22,23). The molecular weight excluding hydrogens is 312 g/mol. The predicted octanol–water partition coefficient (Wildman–Crippen LogP) is 4.02. The van der Waals surface area contributed by atoms with Crippen LogP contribution in [0.2, 0.25) is 0 Å². The van der Waals surface area contributed by atoms with Gasteiger partial charge in [-0.2, -0.15) is 0 Å². The summed E-state index contributed by atoms with van der Waals surface area (Å²) in [7, 11) is 0. The monoisotopic (exact) mass is 342 g/mol. The van der Waals surface area contributed by atoms with Gasteiger partial charge in [0.05, 0.1) is 11.7 Å². The van der Waals surface area contributed by atoms with Crippen LogP contribution in [0.25, 0.3) is 0 Å². The Kier molecular flexibility index (Phi) is 6.62. The normalized spacial score (nSPS) is 14.2. The van der Waals surface area contributed by atoms with Crippen LogP contribution < -0.4 is 10.6 Å². The SMILES string of the molecule is CCNC(=NCC(C)c1c(C)noc1C)NC(C)c1ccccc1C. The number of hydrogen-bond donors (Lipinski definition) is 2. The number of rotatable bonds is 6. The summed E-state index contributed by atoms with van der Waals surface area (Å²) in [5.41, 5.74) is 4.67. The molecule has 1 aromatic carbocycles. The maximum atomic E-state index is 5.28. The third-order valence-corrected chi connectivity index (χ3v) is 4.46. The molecule has 0 radical (unpaired) electrons. The lowest BCUT2D eigenvalue weighted by Crippen LogP contribution is -2.39. The molecule has 2 atom stereocenters. The van der Waals surface area contributed by atoms with Gasteiger partial charge < -0.3 is 15.2 Å². The molecule has 0 saturated carbocycles. The number of aliphatic imine (C=N–C) groups is 1. The van der Waals surface area contributed by atoms with Crippen LogP contribution in [0.4, 0.5) is 0 Å². The van der Waals surface area contributed by atoms with E-state index in [1.165, 1.54) is 11.1 Å². The second-order valence-electron chi connectivity index (χ2n) is 6.58. The fraction of sp³-hybridized carbons (Fsp3) is 0.500. The van der Waals surface area contributed by atoms with E-state index in [9.17, 15) is 0 Å². The average molecular weight is 342 g/mol. The summed E-state index contributed by atoms with van der Waals surface area (Å²) in [6.07, 6.45) is 0. The number of benzene rings is 1. The topological polar surface area (TPSA) is 62.5 Å². The summed E-state index contributed by atoms with van der Waals surface area (Å²) in [6.45, 7) is 14.0. The van der Waals surface area contributed by atoms with E-state index < -0.39 is 0 Å². The van der Waals surface area contributed by atoms with Crippen molar-refractivity contribution in [3.63, 3.8) is 0 Å². The molecule has 1 aromatic heterocycles. The second-order valence-corrected chi connectivity index (χ2v) is 6.58. The van der Waals surface area contributed by atoms with Crippen LogP contribution in [0.3, 0.4) is 0 Å². The van der Waals surface area contributed by atoms with Crippen molar-refractivity contribution in [2.24, 2.45) is 4.99 Å². The summed E-state index contributed by atoms with van der Waals surface area (Å²) in [5, 5.41) is 10.9.